The molecular formula is C29H33N3O4S. The summed E-state index contributed by atoms with van der Waals surface area (Å²) in [6.45, 7) is 11.1. The Morgan fingerprint density at radius 2 is 1.92 bits per heavy atom. The van der Waals surface area contributed by atoms with Crippen LogP contribution in [-0.2, 0) is 9.59 Å². The van der Waals surface area contributed by atoms with Crippen molar-refractivity contribution in [3.8, 4) is 5.75 Å². The van der Waals surface area contributed by atoms with Gasteiger partial charge in [0.25, 0.3) is 11.1 Å². The Kier molecular flexibility index (Phi) is 7.50. The van der Waals surface area contributed by atoms with E-state index in [1.54, 1.807) is 19.3 Å². The maximum atomic E-state index is 13.1. The smallest absolute Gasteiger partial charge is 0.294 e. The summed E-state index contributed by atoms with van der Waals surface area (Å²) < 4.78 is 5.71. The van der Waals surface area contributed by atoms with E-state index in [0.717, 1.165) is 52.0 Å². The molecule has 2 aliphatic heterocycles. The Hall–Kier alpha value is -3.52. The van der Waals surface area contributed by atoms with Crippen LogP contribution >= 0.6 is 11.8 Å². The number of rotatable bonds is 7. The van der Waals surface area contributed by atoms with Crippen LogP contribution in [0.5, 0.6) is 5.75 Å². The van der Waals surface area contributed by atoms with Gasteiger partial charge in [-0.2, -0.15) is 0 Å². The first-order valence-corrected chi connectivity index (χ1v) is 13.2. The van der Waals surface area contributed by atoms with Crippen molar-refractivity contribution in [2.75, 3.05) is 30.4 Å². The summed E-state index contributed by atoms with van der Waals surface area (Å²) in [5, 5.41) is 2.28. The van der Waals surface area contributed by atoms with Gasteiger partial charge >= 0.3 is 0 Å². The molecule has 1 N–H and O–H groups in total. The van der Waals surface area contributed by atoms with Crippen LogP contribution in [0, 0.1) is 6.92 Å². The van der Waals surface area contributed by atoms with Crippen molar-refractivity contribution in [1.29, 1.82) is 0 Å². The number of benzene rings is 2. The Bertz CT molecular complexity index is 1330. The quantitative estimate of drug-likeness (QED) is 0.446. The topological polar surface area (TPSA) is 79.0 Å². The zero-order valence-electron chi connectivity index (χ0n) is 22.2. The van der Waals surface area contributed by atoms with E-state index >= 15 is 0 Å². The van der Waals surface area contributed by atoms with Crippen LogP contribution in [0.3, 0.4) is 0 Å². The van der Waals surface area contributed by atoms with E-state index < -0.39 is 17.1 Å². The number of ether oxygens (including phenoxy) is 1. The molecule has 7 nitrogen and oxygen atoms in total. The van der Waals surface area contributed by atoms with E-state index in [0.29, 0.717) is 17.0 Å². The molecule has 0 aliphatic carbocycles. The van der Waals surface area contributed by atoms with Gasteiger partial charge in [0, 0.05) is 35.1 Å². The van der Waals surface area contributed by atoms with Crippen molar-refractivity contribution in [3.05, 3.63) is 64.1 Å². The minimum absolute atomic E-state index is 0.138. The highest BCUT2D eigenvalue weighted by Crippen LogP contribution is 2.43. The molecule has 1 saturated heterocycles. The number of carbonyl (C=O) groups excluding carboxylic acids is 3. The van der Waals surface area contributed by atoms with E-state index in [1.807, 2.05) is 37.3 Å². The number of hydrogen-bond donors (Lipinski definition) is 1. The molecule has 2 aliphatic rings. The summed E-state index contributed by atoms with van der Waals surface area (Å²) in [7, 11) is 1.60. The first kappa shape index (κ1) is 26.5. The molecule has 0 aromatic heterocycles. The van der Waals surface area contributed by atoms with Crippen molar-refractivity contribution >= 4 is 51.8 Å². The van der Waals surface area contributed by atoms with E-state index in [2.05, 4.69) is 44.0 Å². The van der Waals surface area contributed by atoms with Crippen molar-refractivity contribution in [2.45, 2.75) is 46.6 Å². The predicted molar refractivity (Wildman–Crippen MR) is 151 cm³/mol. The van der Waals surface area contributed by atoms with Gasteiger partial charge < -0.3 is 15.0 Å². The van der Waals surface area contributed by atoms with Gasteiger partial charge in [0.05, 0.1) is 17.6 Å². The maximum absolute atomic E-state index is 13.1. The third-order valence-corrected chi connectivity index (χ3v) is 7.45. The zero-order chi connectivity index (χ0) is 26.9. The van der Waals surface area contributed by atoms with Crippen molar-refractivity contribution in [1.82, 2.24) is 4.90 Å². The number of hydrogen-bond acceptors (Lipinski definition) is 6. The Morgan fingerprint density at radius 1 is 1.16 bits per heavy atom. The van der Waals surface area contributed by atoms with Gasteiger partial charge in [-0.25, -0.2) is 0 Å². The van der Waals surface area contributed by atoms with Crippen molar-refractivity contribution in [2.24, 2.45) is 0 Å². The molecule has 0 spiro atoms. The highest BCUT2D eigenvalue weighted by molar-refractivity contribution is 8.18. The summed E-state index contributed by atoms with van der Waals surface area (Å²) in [6.07, 6.45) is 4.94. The average molecular weight is 520 g/mol. The average Bonchev–Trinajstić information content (AvgIpc) is 3.08. The van der Waals surface area contributed by atoms with Gasteiger partial charge in [-0.3, -0.25) is 19.3 Å². The highest BCUT2D eigenvalue weighted by atomic mass is 32.2. The molecule has 8 heteroatoms. The van der Waals surface area contributed by atoms with Gasteiger partial charge in [0.15, 0.2) is 0 Å². The number of nitrogens with one attached hydrogen (secondary N) is 1. The van der Waals surface area contributed by atoms with Crippen molar-refractivity contribution < 1.29 is 19.1 Å². The molecule has 3 amide bonds. The number of imide groups is 1. The van der Waals surface area contributed by atoms with Gasteiger partial charge in [0.1, 0.15) is 12.3 Å². The molecule has 0 unspecified atom stereocenters. The monoisotopic (exact) mass is 519 g/mol. The second kappa shape index (κ2) is 10.5. The minimum Gasteiger partial charge on any atom is -0.496 e. The van der Waals surface area contributed by atoms with Crippen LogP contribution in [-0.4, -0.2) is 47.7 Å². The molecule has 37 heavy (non-hydrogen) atoms. The van der Waals surface area contributed by atoms with Gasteiger partial charge in [-0.15, -0.1) is 0 Å². The Morgan fingerprint density at radius 3 is 2.59 bits per heavy atom. The number of fused-ring (bicyclic) bond motifs is 1. The summed E-state index contributed by atoms with van der Waals surface area (Å²) in [6, 6.07) is 11.4. The number of amides is 3. The third-order valence-electron chi connectivity index (χ3n) is 6.54. The lowest BCUT2D eigenvalue weighted by atomic mass is 9.87. The van der Waals surface area contributed by atoms with Gasteiger partial charge in [0.2, 0.25) is 5.91 Å². The lowest BCUT2D eigenvalue weighted by molar-refractivity contribution is -0.127. The number of methoxy groups -OCH3 is 1. The predicted octanol–water partition coefficient (Wildman–Crippen LogP) is 6.09. The van der Waals surface area contributed by atoms with Crippen LogP contribution in [0.4, 0.5) is 16.2 Å². The molecule has 0 atom stereocenters. The second-order valence-electron chi connectivity index (χ2n) is 9.93. The summed E-state index contributed by atoms with van der Waals surface area (Å²) in [4.78, 5) is 41.9. The van der Waals surface area contributed by atoms with E-state index in [9.17, 15) is 14.4 Å². The first-order valence-electron chi connectivity index (χ1n) is 12.4. The molecule has 0 saturated carbocycles. The van der Waals surface area contributed by atoms with Crippen molar-refractivity contribution in [3.63, 3.8) is 0 Å². The molecule has 0 bridgehead atoms. The highest BCUT2D eigenvalue weighted by Gasteiger charge is 2.37. The Balaban J connectivity index is 1.60. The zero-order valence-corrected chi connectivity index (χ0v) is 23.0. The SMILES string of the molecule is CCCN1c2cc(OC)c(/C=C3/SC(=O)N(CC(=O)Nc4cccc(C)c4)C3=O)cc2C(C)=CC1(C)C. The maximum Gasteiger partial charge on any atom is 0.294 e. The molecule has 2 heterocycles. The molecular weight excluding hydrogens is 486 g/mol. The third kappa shape index (κ3) is 5.44. The van der Waals surface area contributed by atoms with Crippen LogP contribution in [0.2, 0.25) is 0 Å². The van der Waals surface area contributed by atoms with Gasteiger partial charge in [-0.1, -0.05) is 25.1 Å². The van der Waals surface area contributed by atoms with Crippen LogP contribution < -0.4 is 15.0 Å². The number of aryl methyl sites for hydroxylation is 1. The number of nitrogens with zero attached hydrogens (tertiary/aromatic N) is 2. The van der Waals surface area contributed by atoms with E-state index in [1.165, 1.54) is 0 Å². The second-order valence-corrected chi connectivity index (χ2v) is 10.9. The number of thioether (sulfide) groups is 1. The fourth-order valence-electron chi connectivity index (χ4n) is 4.89. The molecule has 2 aromatic rings. The number of carbonyl (C=O) groups is 3. The molecule has 4 rings (SSSR count). The molecule has 194 valence electrons. The lowest BCUT2D eigenvalue weighted by Crippen LogP contribution is -2.45. The fraction of sp³-hybridized carbons (Fsp3) is 0.345. The number of allylic oxidation sites excluding steroid dienone is 1. The van der Waals surface area contributed by atoms with E-state index in [4.69, 9.17) is 4.74 Å². The van der Waals surface area contributed by atoms with E-state index in [-0.39, 0.29) is 17.0 Å². The summed E-state index contributed by atoms with van der Waals surface area (Å²) >= 11 is 0.831. The van der Waals surface area contributed by atoms with Gasteiger partial charge in [-0.05, 0) is 81.3 Å². The lowest BCUT2D eigenvalue weighted by Gasteiger charge is -2.43. The largest absolute Gasteiger partial charge is 0.496 e. The Labute approximate surface area is 222 Å². The normalized spacial score (nSPS) is 17.7. The summed E-state index contributed by atoms with van der Waals surface area (Å²) in [5.74, 6) is -0.301. The molecule has 2 aromatic carbocycles. The van der Waals surface area contributed by atoms with Crippen LogP contribution in [0.25, 0.3) is 11.6 Å². The first-order chi connectivity index (χ1) is 17.5. The standard InChI is InChI=1S/C29H33N3O4S/c1-7-11-32-23-15-24(36-6)20(13-22(23)19(3)16-29(32,4)5)14-25-27(34)31(28(35)37-25)17-26(33)30-21-10-8-9-18(2)12-21/h8-10,12-16H,7,11,17H2,1-6H3,(H,30,33)/b25-14+. The molecule has 0 radical (unpaired) electrons. The molecule has 1 fully saturated rings. The van der Waals surface area contributed by atoms with Crippen LogP contribution in [0.1, 0.15) is 50.8 Å². The van der Waals surface area contributed by atoms with Crippen LogP contribution in [0.15, 0.2) is 47.4 Å². The summed E-state index contributed by atoms with van der Waals surface area (Å²) in [5.41, 5.74) is 5.48. The number of anilines is 2. The minimum atomic E-state index is -0.491. The fourth-order valence-corrected chi connectivity index (χ4v) is 5.72.